The zero-order chi connectivity index (χ0) is 24.7. The van der Waals surface area contributed by atoms with Crippen molar-refractivity contribution < 1.29 is 36.6 Å². The van der Waals surface area contributed by atoms with Crippen LogP contribution in [-0.2, 0) is 14.8 Å². The summed E-state index contributed by atoms with van der Waals surface area (Å²) in [6, 6.07) is 7.43. The highest BCUT2D eigenvalue weighted by atomic mass is 32.2. The average molecular weight is 500 g/mol. The molecule has 12 heteroatoms. The van der Waals surface area contributed by atoms with E-state index in [1.54, 1.807) is 12.1 Å². The second kappa shape index (κ2) is 11.6. The van der Waals surface area contributed by atoms with Crippen molar-refractivity contribution in [2.24, 2.45) is 0 Å². The summed E-state index contributed by atoms with van der Waals surface area (Å²) in [4.78, 5) is 12.0. The van der Waals surface area contributed by atoms with Crippen molar-refractivity contribution in [2.45, 2.75) is 42.4 Å². The van der Waals surface area contributed by atoms with E-state index in [2.05, 4.69) is 15.4 Å². The van der Waals surface area contributed by atoms with Gasteiger partial charge in [-0.25, -0.2) is 26.7 Å². The Morgan fingerprint density at radius 2 is 2.00 bits per heavy atom. The highest BCUT2D eigenvalue weighted by Crippen LogP contribution is 2.24. The summed E-state index contributed by atoms with van der Waals surface area (Å²) in [6.45, 7) is -0.222. The predicted octanol–water partition coefficient (Wildman–Crippen LogP) is 2.37. The zero-order valence-electron chi connectivity index (χ0n) is 18.5. The zero-order valence-corrected chi connectivity index (χ0v) is 19.3. The van der Waals surface area contributed by atoms with Gasteiger partial charge in [0.1, 0.15) is 17.4 Å². The summed E-state index contributed by atoms with van der Waals surface area (Å²) in [6.07, 6.45) is 0.184. The molecule has 2 aromatic rings. The Bertz CT molecular complexity index is 1100. The van der Waals surface area contributed by atoms with E-state index in [1.807, 2.05) is 0 Å². The fourth-order valence-electron chi connectivity index (χ4n) is 3.62. The molecule has 0 spiro atoms. The minimum atomic E-state index is -3.86. The first-order chi connectivity index (χ1) is 16.2. The summed E-state index contributed by atoms with van der Waals surface area (Å²) >= 11 is 0. The van der Waals surface area contributed by atoms with Gasteiger partial charge in [-0.1, -0.05) is 6.07 Å². The van der Waals surface area contributed by atoms with Gasteiger partial charge in [-0.2, -0.15) is 0 Å². The quantitative estimate of drug-likeness (QED) is 0.420. The Morgan fingerprint density at radius 3 is 2.74 bits per heavy atom. The van der Waals surface area contributed by atoms with Gasteiger partial charge in [0.25, 0.3) is 0 Å². The van der Waals surface area contributed by atoms with E-state index in [1.165, 1.54) is 19.2 Å². The van der Waals surface area contributed by atoms with Crippen molar-refractivity contribution in [1.29, 1.82) is 0 Å². The molecular formula is C22H27F2N3O6S. The predicted molar refractivity (Wildman–Crippen MR) is 120 cm³/mol. The number of aliphatic hydroxyl groups excluding tert-OH is 1. The van der Waals surface area contributed by atoms with Crippen molar-refractivity contribution in [3.05, 3.63) is 54.1 Å². The standard InChI is InChI=1S/C22H27F2N3O6S/c1-32-16-3-2-4-17(12-16)34(30,31)27-19-8-6-15(33-21(19)13-28)9-10-25-22(29)26-20-11-14(23)5-7-18(20)24/h2-5,7,11-12,15,19,21,27-28H,6,8-10,13H2,1H3,(H2,25,26,29)/t15-,19+,21+/m0/s1. The number of methoxy groups -OCH3 is 1. The van der Waals surface area contributed by atoms with Gasteiger partial charge in [0.05, 0.1) is 42.5 Å². The number of halogens is 2. The Labute approximate surface area is 196 Å². The minimum Gasteiger partial charge on any atom is -0.497 e. The number of nitrogens with one attached hydrogen (secondary N) is 3. The van der Waals surface area contributed by atoms with Crippen LogP contribution in [-0.4, -0.2) is 58.1 Å². The highest BCUT2D eigenvalue weighted by Gasteiger charge is 2.34. The number of rotatable bonds is 9. The van der Waals surface area contributed by atoms with E-state index in [0.717, 1.165) is 18.2 Å². The van der Waals surface area contributed by atoms with Crippen LogP contribution in [0.5, 0.6) is 5.75 Å². The molecular weight excluding hydrogens is 472 g/mol. The van der Waals surface area contributed by atoms with Crippen LogP contribution < -0.4 is 20.1 Å². The second-order valence-electron chi connectivity index (χ2n) is 7.76. The summed E-state index contributed by atoms with van der Waals surface area (Å²) < 4.78 is 65.8. The van der Waals surface area contributed by atoms with Crippen LogP contribution in [0.15, 0.2) is 47.4 Å². The molecule has 2 amide bonds. The van der Waals surface area contributed by atoms with E-state index in [-0.39, 0.29) is 23.2 Å². The number of anilines is 1. The molecule has 1 saturated heterocycles. The molecule has 9 nitrogen and oxygen atoms in total. The monoisotopic (exact) mass is 499 g/mol. The molecule has 0 saturated carbocycles. The lowest BCUT2D eigenvalue weighted by Crippen LogP contribution is -2.51. The lowest BCUT2D eigenvalue weighted by Gasteiger charge is -2.36. The average Bonchev–Trinajstić information content (AvgIpc) is 2.82. The molecule has 0 aromatic heterocycles. The van der Waals surface area contributed by atoms with Gasteiger partial charge >= 0.3 is 6.03 Å². The van der Waals surface area contributed by atoms with Crippen LogP contribution in [0.2, 0.25) is 0 Å². The van der Waals surface area contributed by atoms with Gasteiger partial charge in [0.15, 0.2) is 0 Å². The molecule has 1 aliphatic heterocycles. The Morgan fingerprint density at radius 1 is 1.21 bits per heavy atom. The normalized spacial score (nSPS) is 20.5. The number of carbonyl (C=O) groups is 1. The topological polar surface area (TPSA) is 126 Å². The Hall–Kier alpha value is -2.80. The van der Waals surface area contributed by atoms with E-state index >= 15 is 0 Å². The number of aliphatic hydroxyl groups is 1. The third-order valence-electron chi connectivity index (χ3n) is 5.38. The summed E-state index contributed by atoms with van der Waals surface area (Å²) in [5, 5.41) is 14.5. The van der Waals surface area contributed by atoms with E-state index in [9.17, 15) is 27.1 Å². The number of benzene rings is 2. The van der Waals surface area contributed by atoms with Gasteiger partial charge in [-0.05, 0) is 43.5 Å². The van der Waals surface area contributed by atoms with Crippen LogP contribution >= 0.6 is 0 Å². The number of carbonyl (C=O) groups excluding carboxylic acids is 1. The lowest BCUT2D eigenvalue weighted by atomic mass is 9.98. The largest absolute Gasteiger partial charge is 0.497 e. The second-order valence-corrected chi connectivity index (χ2v) is 9.47. The van der Waals surface area contributed by atoms with Crippen LogP contribution in [0.4, 0.5) is 19.3 Å². The number of amides is 2. The van der Waals surface area contributed by atoms with Crippen molar-refractivity contribution in [3.63, 3.8) is 0 Å². The molecule has 2 aromatic carbocycles. The van der Waals surface area contributed by atoms with Crippen molar-refractivity contribution in [1.82, 2.24) is 10.0 Å². The van der Waals surface area contributed by atoms with Crippen molar-refractivity contribution in [2.75, 3.05) is 25.6 Å². The first kappa shape index (κ1) is 25.8. The third-order valence-corrected chi connectivity index (χ3v) is 6.87. The molecule has 0 unspecified atom stereocenters. The van der Waals surface area contributed by atoms with Crippen LogP contribution in [0, 0.1) is 11.6 Å². The molecule has 0 radical (unpaired) electrons. The maximum atomic E-state index is 13.6. The molecule has 1 heterocycles. The number of ether oxygens (including phenoxy) is 2. The van der Waals surface area contributed by atoms with Crippen LogP contribution in [0.3, 0.4) is 0 Å². The number of hydrogen-bond donors (Lipinski definition) is 4. The summed E-state index contributed by atoms with van der Waals surface area (Å²) in [5.74, 6) is -1.04. The van der Waals surface area contributed by atoms with Gasteiger partial charge in [0, 0.05) is 18.7 Å². The van der Waals surface area contributed by atoms with E-state index in [0.29, 0.717) is 25.0 Å². The Balaban J connectivity index is 1.49. The molecule has 1 aliphatic rings. The number of hydrogen-bond acceptors (Lipinski definition) is 6. The van der Waals surface area contributed by atoms with Crippen LogP contribution in [0.1, 0.15) is 19.3 Å². The summed E-state index contributed by atoms with van der Waals surface area (Å²) in [5.41, 5.74) is -0.280. The highest BCUT2D eigenvalue weighted by molar-refractivity contribution is 7.89. The SMILES string of the molecule is COc1cccc(S(=O)(=O)N[C@@H]2CC[C@@H](CCNC(=O)Nc3cc(F)ccc3F)O[C@@H]2CO)c1. The Kier molecular flexibility index (Phi) is 8.78. The van der Waals surface area contributed by atoms with Gasteiger partial charge in [0.2, 0.25) is 10.0 Å². The maximum Gasteiger partial charge on any atom is 0.319 e. The molecule has 186 valence electrons. The van der Waals surface area contributed by atoms with Gasteiger partial charge in [-0.3, -0.25) is 0 Å². The molecule has 4 N–H and O–H groups in total. The number of sulfonamides is 1. The molecule has 3 rings (SSSR count). The van der Waals surface area contributed by atoms with Gasteiger partial charge < -0.3 is 25.2 Å². The molecule has 3 atom stereocenters. The smallest absolute Gasteiger partial charge is 0.319 e. The fourth-order valence-corrected chi connectivity index (χ4v) is 4.95. The first-order valence-electron chi connectivity index (χ1n) is 10.6. The minimum absolute atomic E-state index is 0.0376. The van der Waals surface area contributed by atoms with Crippen molar-refractivity contribution in [3.8, 4) is 5.75 Å². The summed E-state index contributed by atoms with van der Waals surface area (Å²) in [7, 11) is -2.42. The first-order valence-corrected chi connectivity index (χ1v) is 12.1. The van der Waals surface area contributed by atoms with Crippen molar-refractivity contribution >= 4 is 21.7 Å². The fraction of sp³-hybridized carbons (Fsp3) is 0.409. The molecule has 34 heavy (non-hydrogen) atoms. The number of urea groups is 1. The lowest BCUT2D eigenvalue weighted by molar-refractivity contribution is -0.0871. The van der Waals surface area contributed by atoms with E-state index < -0.39 is 46.4 Å². The van der Waals surface area contributed by atoms with Gasteiger partial charge in [-0.15, -0.1) is 0 Å². The molecule has 1 fully saturated rings. The third kappa shape index (κ3) is 6.86. The molecule has 0 aliphatic carbocycles. The molecule has 0 bridgehead atoms. The van der Waals surface area contributed by atoms with Crippen LogP contribution in [0.25, 0.3) is 0 Å². The maximum absolute atomic E-state index is 13.6. The van der Waals surface area contributed by atoms with E-state index in [4.69, 9.17) is 9.47 Å².